The molecule has 6 nitrogen and oxygen atoms in total. The van der Waals surface area contributed by atoms with Gasteiger partial charge in [0.05, 0.1) is 6.42 Å². The topological polar surface area (TPSA) is 73.8 Å². The highest BCUT2D eigenvalue weighted by atomic mass is 16.5. The maximum atomic E-state index is 12.0. The fourth-order valence-electron chi connectivity index (χ4n) is 1.86. The number of ketones is 1. The predicted octanol–water partition coefficient (Wildman–Crippen LogP) is 1.28. The molecule has 2 aromatic rings. The van der Waals surface area contributed by atoms with E-state index < -0.39 is 0 Å². The van der Waals surface area contributed by atoms with Gasteiger partial charge >= 0.3 is 0 Å². The number of aryl methyl sites for hydroxylation is 1. The van der Waals surface area contributed by atoms with Crippen molar-refractivity contribution in [3.05, 3.63) is 29.7 Å². The van der Waals surface area contributed by atoms with Gasteiger partial charge in [-0.1, -0.05) is 12.1 Å². The molecule has 1 aliphatic carbocycles. The summed E-state index contributed by atoms with van der Waals surface area (Å²) in [5, 5.41) is 7.91. The Balaban J connectivity index is 1.75. The molecule has 0 saturated heterocycles. The molecule has 94 valence electrons. The summed E-state index contributed by atoms with van der Waals surface area (Å²) in [6.07, 6.45) is 3.89. The molecule has 0 atom stereocenters. The Labute approximate surface area is 104 Å². The standard InChI is InChI=1S/C12H14N4O2/c1-12(4-5-12)11-14-10(18-15-11)7-9(17)8-3-6-13-16(8)2/h3,6H,4-5,7H2,1-2H3. The first-order valence-electron chi connectivity index (χ1n) is 5.93. The summed E-state index contributed by atoms with van der Waals surface area (Å²) in [6.45, 7) is 2.10. The zero-order valence-electron chi connectivity index (χ0n) is 10.4. The molecule has 2 heterocycles. The van der Waals surface area contributed by atoms with Crippen LogP contribution in [0.1, 0.15) is 42.0 Å². The molecule has 6 heteroatoms. The minimum atomic E-state index is -0.0637. The van der Waals surface area contributed by atoms with E-state index in [9.17, 15) is 4.79 Å². The Hall–Kier alpha value is -1.98. The maximum absolute atomic E-state index is 12.0. The third-order valence-corrected chi connectivity index (χ3v) is 3.43. The van der Waals surface area contributed by atoms with Gasteiger partial charge in [-0.3, -0.25) is 9.48 Å². The molecule has 0 radical (unpaired) electrons. The zero-order valence-corrected chi connectivity index (χ0v) is 10.4. The third-order valence-electron chi connectivity index (χ3n) is 3.43. The Bertz CT molecular complexity index is 595. The summed E-state index contributed by atoms with van der Waals surface area (Å²) in [6, 6.07) is 1.68. The molecule has 0 amide bonds. The van der Waals surface area contributed by atoms with Gasteiger partial charge in [0.1, 0.15) is 5.69 Å². The highest BCUT2D eigenvalue weighted by Gasteiger charge is 2.43. The van der Waals surface area contributed by atoms with Crippen LogP contribution in [0.25, 0.3) is 0 Å². The van der Waals surface area contributed by atoms with Crippen molar-refractivity contribution in [1.29, 1.82) is 0 Å². The molecule has 2 aromatic heterocycles. The van der Waals surface area contributed by atoms with Gasteiger partial charge in [0.2, 0.25) is 5.89 Å². The number of Topliss-reactive ketones (excluding diaryl/α,β-unsaturated/α-hetero) is 1. The van der Waals surface area contributed by atoms with Gasteiger partial charge in [-0.2, -0.15) is 10.1 Å². The number of aromatic nitrogens is 4. The first-order chi connectivity index (χ1) is 8.58. The van der Waals surface area contributed by atoms with E-state index in [0.717, 1.165) is 18.7 Å². The smallest absolute Gasteiger partial charge is 0.234 e. The maximum Gasteiger partial charge on any atom is 0.234 e. The largest absolute Gasteiger partial charge is 0.339 e. The van der Waals surface area contributed by atoms with E-state index in [2.05, 4.69) is 22.2 Å². The zero-order chi connectivity index (χ0) is 12.8. The van der Waals surface area contributed by atoms with E-state index in [1.165, 1.54) is 0 Å². The molecule has 0 bridgehead atoms. The normalized spacial score (nSPS) is 16.8. The predicted molar refractivity (Wildman–Crippen MR) is 62.1 cm³/mol. The summed E-state index contributed by atoms with van der Waals surface area (Å²) >= 11 is 0. The lowest BCUT2D eigenvalue weighted by Gasteiger charge is -1.98. The molecule has 1 saturated carbocycles. The number of carbonyl (C=O) groups is 1. The van der Waals surface area contributed by atoms with Crippen molar-refractivity contribution in [2.24, 2.45) is 7.05 Å². The van der Waals surface area contributed by atoms with Crippen molar-refractivity contribution in [1.82, 2.24) is 19.9 Å². The molecular weight excluding hydrogens is 232 g/mol. The van der Waals surface area contributed by atoms with Crippen molar-refractivity contribution in [2.75, 3.05) is 0 Å². The van der Waals surface area contributed by atoms with E-state index in [0.29, 0.717) is 11.6 Å². The minimum Gasteiger partial charge on any atom is -0.339 e. The molecule has 0 aliphatic heterocycles. The third kappa shape index (κ3) is 1.83. The van der Waals surface area contributed by atoms with Crippen molar-refractivity contribution in [3.63, 3.8) is 0 Å². The number of hydrogen-bond acceptors (Lipinski definition) is 5. The van der Waals surface area contributed by atoms with Crippen LogP contribution < -0.4 is 0 Å². The van der Waals surface area contributed by atoms with Crippen LogP contribution in [-0.4, -0.2) is 25.7 Å². The van der Waals surface area contributed by atoms with Crippen LogP contribution in [0.15, 0.2) is 16.8 Å². The lowest BCUT2D eigenvalue weighted by Crippen LogP contribution is -2.10. The van der Waals surface area contributed by atoms with Gasteiger partial charge < -0.3 is 4.52 Å². The quantitative estimate of drug-likeness (QED) is 0.760. The second-order valence-corrected chi connectivity index (χ2v) is 5.01. The Morgan fingerprint density at radius 2 is 2.33 bits per heavy atom. The van der Waals surface area contributed by atoms with E-state index in [1.807, 2.05) is 0 Å². The van der Waals surface area contributed by atoms with E-state index in [1.54, 1.807) is 24.0 Å². The molecule has 0 spiro atoms. The number of carbonyl (C=O) groups excluding carboxylic acids is 1. The van der Waals surface area contributed by atoms with Gasteiger partial charge in [0.15, 0.2) is 11.6 Å². The molecule has 0 N–H and O–H groups in total. The molecule has 1 fully saturated rings. The van der Waals surface area contributed by atoms with E-state index in [4.69, 9.17) is 4.52 Å². The second-order valence-electron chi connectivity index (χ2n) is 5.01. The molecule has 0 aromatic carbocycles. The van der Waals surface area contributed by atoms with Crippen molar-refractivity contribution in [2.45, 2.75) is 31.6 Å². The minimum absolute atomic E-state index is 0.0637. The fraction of sp³-hybridized carbons (Fsp3) is 0.500. The summed E-state index contributed by atoms with van der Waals surface area (Å²) in [5.74, 6) is 1.03. The second kappa shape index (κ2) is 3.76. The lowest BCUT2D eigenvalue weighted by molar-refractivity contribution is 0.0974. The van der Waals surface area contributed by atoms with Crippen LogP contribution in [-0.2, 0) is 18.9 Å². The van der Waals surface area contributed by atoms with Crippen molar-refractivity contribution in [3.8, 4) is 0 Å². The first-order valence-corrected chi connectivity index (χ1v) is 5.93. The van der Waals surface area contributed by atoms with Crippen LogP contribution >= 0.6 is 0 Å². The molecule has 3 rings (SSSR count). The number of nitrogens with zero attached hydrogens (tertiary/aromatic N) is 4. The highest BCUT2D eigenvalue weighted by molar-refractivity contribution is 5.95. The SMILES string of the molecule is Cn1nccc1C(=O)Cc1nc(C2(C)CC2)no1. The van der Waals surface area contributed by atoms with E-state index in [-0.39, 0.29) is 17.6 Å². The highest BCUT2D eigenvalue weighted by Crippen LogP contribution is 2.45. The monoisotopic (exact) mass is 246 g/mol. The van der Waals surface area contributed by atoms with Gasteiger partial charge in [-0.05, 0) is 18.9 Å². The molecule has 0 unspecified atom stereocenters. The Morgan fingerprint density at radius 3 is 2.94 bits per heavy atom. The average Bonchev–Trinajstić information content (AvgIpc) is 2.79. The van der Waals surface area contributed by atoms with Gasteiger partial charge in [0, 0.05) is 18.7 Å². The van der Waals surface area contributed by atoms with Crippen LogP contribution in [0.3, 0.4) is 0 Å². The number of hydrogen-bond donors (Lipinski definition) is 0. The summed E-state index contributed by atoms with van der Waals surface area (Å²) < 4.78 is 6.67. The van der Waals surface area contributed by atoms with Gasteiger partial charge in [-0.15, -0.1) is 0 Å². The first kappa shape index (κ1) is 11.1. The van der Waals surface area contributed by atoms with Crippen LogP contribution in [0.2, 0.25) is 0 Å². The Morgan fingerprint density at radius 1 is 1.56 bits per heavy atom. The van der Waals surface area contributed by atoms with Crippen molar-refractivity contribution < 1.29 is 9.32 Å². The number of rotatable bonds is 4. The van der Waals surface area contributed by atoms with Crippen LogP contribution in [0, 0.1) is 0 Å². The van der Waals surface area contributed by atoms with Gasteiger partial charge in [-0.25, -0.2) is 0 Å². The van der Waals surface area contributed by atoms with Crippen LogP contribution in [0.5, 0.6) is 0 Å². The summed E-state index contributed by atoms with van der Waals surface area (Å²) in [5.41, 5.74) is 0.615. The summed E-state index contributed by atoms with van der Waals surface area (Å²) in [7, 11) is 1.73. The Kier molecular flexibility index (Phi) is 2.33. The van der Waals surface area contributed by atoms with E-state index >= 15 is 0 Å². The fourth-order valence-corrected chi connectivity index (χ4v) is 1.86. The molecule has 1 aliphatic rings. The van der Waals surface area contributed by atoms with Crippen LogP contribution in [0.4, 0.5) is 0 Å². The van der Waals surface area contributed by atoms with Crippen molar-refractivity contribution >= 4 is 5.78 Å². The summed E-state index contributed by atoms with van der Waals surface area (Å²) in [4.78, 5) is 16.3. The average molecular weight is 246 g/mol. The van der Waals surface area contributed by atoms with Gasteiger partial charge in [0.25, 0.3) is 0 Å². The lowest BCUT2D eigenvalue weighted by atomic mass is 10.1. The molecular formula is C12H14N4O2. The molecule has 18 heavy (non-hydrogen) atoms.